The normalized spacial score (nSPS) is 24.6. The third-order valence-corrected chi connectivity index (χ3v) is 1.95. The van der Waals surface area contributed by atoms with E-state index in [4.69, 9.17) is 6.42 Å². The first-order valence-corrected chi connectivity index (χ1v) is 4.01. The first-order chi connectivity index (χ1) is 5.33. The lowest BCUT2D eigenvalue weighted by Gasteiger charge is -2.21. The quantitative estimate of drug-likeness (QED) is 0.589. The highest BCUT2D eigenvalue weighted by atomic mass is 16.1. The number of Topliss-reactive ketones (excluding diaryl/α,β-unsaturated/α-hetero) is 1. The van der Waals surface area contributed by atoms with Crippen molar-refractivity contribution in [3.63, 3.8) is 0 Å². The van der Waals surface area contributed by atoms with E-state index in [0.717, 1.165) is 19.4 Å². The summed E-state index contributed by atoms with van der Waals surface area (Å²) >= 11 is 0. The Labute approximate surface area is 67.4 Å². The van der Waals surface area contributed by atoms with Crippen LogP contribution in [0.4, 0.5) is 0 Å². The Morgan fingerprint density at radius 1 is 1.73 bits per heavy atom. The van der Waals surface area contributed by atoms with Gasteiger partial charge in [0.25, 0.3) is 0 Å². The van der Waals surface area contributed by atoms with Gasteiger partial charge in [0.05, 0.1) is 0 Å². The molecule has 11 heavy (non-hydrogen) atoms. The zero-order valence-corrected chi connectivity index (χ0v) is 6.60. The largest absolute Gasteiger partial charge is 0.313 e. The zero-order valence-electron chi connectivity index (χ0n) is 6.60. The van der Waals surface area contributed by atoms with Crippen molar-refractivity contribution < 1.29 is 4.79 Å². The zero-order chi connectivity index (χ0) is 8.10. The van der Waals surface area contributed by atoms with Crippen LogP contribution in [0.25, 0.3) is 0 Å². The number of ketones is 1. The molecule has 1 aliphatic heterocycles. The maximum absolute atomic E-state index is 10.9. The van der Waals surface area contributed by atoms with Crippen molar-refractivity contribution in [2.75, 3.05) is 6.54 Å². The third-order valence-electron chi connectivity index (χ3n) is 1.95. The maximum atomic E-state index is 10.9. The van der Waals surface area contributed by atoms with Crippen molar-refractivity contribution in [3.8, 4) is 12.3 Å². The van der Waals surface area contributed by atoms with E-state index in [2.05, 4.69) is 11.2 Å². The molecule has 60 valence electrons. The molecule has 1 aliphatic rings. The number of carbonyl (C=O) groups is 1. The molecule has 1 N–H and O–H groups in total. The molecule has 0 saturated carbocycles. The fourth-order valence-corrected chi connectivity index (χ4v) is 1.33. The summed E-state index contributed by atoms with van der Waals surface area (Å²) in [6, 6.07) is 0.340. The fourth-order valence-electron chi connectivity index (χ4n) is 1.33. The molecule has 0 aliphatic carbocycles. The minimum absolute atomic E-state index is 0.340. The molecule has 0 aromatic rings. The van der Waals surface area contributed by atoms with Gasteiger partial charge in [-0.05, 0) is 6.42 Å². The minimum Gasteiger partial charge on any atom is -0.313 e. The molecule has 0 amide bonds. The van der Waals surface area contributed by atoms with E-state index in [1.54, 1.807) is 0 Å². The van der Waals surface area contributed by atoms with Gasteiger partial charge in [0.1, 0.15) is 5.78 Å². The molecule has 2 heteroatoms. The van der Waals surface area contributed by atoms with Crippen molar-refractivity contribution in [1.29, 1.82) is 0 Å². The summed E-state index contributed by atoms with van der Waals surface area (Å²) in [5, 5.41) is 3.27. The molecule has 1 fully saturated rings. The van der Waals surface area contributed by atoms with Gasteiger partial charge in [-0.15, -0.1) is 12.3 Å². The lowest BCUT2D eigenvalue weighted by Crippen LogP contribution is -2.38. The minimum atomic E-state index is 0.340. The summed E-state index contributed by atoms with van der Waals surface area (Å²) in [4.78, 5) is 10.9. The highest BCUT2D eigenvalue weighted by Crippen LogP contribution is 2.08. The van der Waals surface area contributed by atoms with Crippen molar-refractivity contribution in [1.82, 2.24) is 5.32 Å². The van der Waals surface area contributed by atoms with Crippen LogP contribution >= 0.6 is 0 Å². The molecule has 1 heterocycles. The van der Waals surface area contributed by atoms with E-state index >= 15 is 0 Å². The van der Waals surface area contributed by atoms with Crippen molar-refractivity contribution in [2.24, 2.45) is 0 Å². The van der Waals surface area contributed by atoms with Crippen LogP contribution < -0.4 is 5.32 Å². The molecule has 0 spiro atoms. The van der Waals surface area contributed by atoms with Gasteiger partial charge in [-0.2, -0.15) is 0 Å². The Bertz CT molecular complexity index is 180. The van der Waals surface area contributed by atoms with Gasteiger partial charge >= 0.3 is 0 Å². The molecule has 1 atom stereocenters. The fraction of sp³-hybridized carbons (Fsp3) is 0.667. The van der Waals surface area contributed by atoms with Gasteiger partial charge in [0.15, 0.2) is 0 Å². The van der Waals surface area contributed by atoms with Crippen molar-refractivity contribution >= 4 is 5.78 Å². The van der Waals surface area contributed by atoms with Crippen LogP contribution in [0.1, 0.15) is 25.7 Å². The molecule has 1 saturated heterocycles. The Morgan fingerprint density at radius 2 is 2.55 bits per heavy atom. The number of nitrogens with one attached hydrogen (secondary N) is 1. The topological polar surface area (TPSA) is 29.1 Å². The lowest BCUT2D eigenvalue weighted by molar-refractivity contribution is -0.120. The molecule has 0 aromatic carbocycles. The molecule has 1 unspecified atom stereocenters. The second-order valence-corrected chi connectivity index (χ2v) is 2.89. The van der Waals surface area contributed by atoms with Gasteiger partial charge in [0, 0.05) is 31.8 Å². The van der Waals surface area contributed by atoms with Crippen LogP contribution in [0.15, 0.2) is 0 Å². The van der Waals surface area contributed by atoms with Crippen LogP contribution in [0.5, 0.6) is 0 Å². The van der Waals surface area contributed by atoms with E-state index in [1.165, 1.54) is 0 Å². The first kappa shape index (κ1) is 8.29. The Balaban J connectivity index is 2.24. The molecule has 1 rings (SSSR count). The molecule has 2 nitrogen and oxygen atoms in total. The van der Waals surface area contributed by atoms with Crippen LogP contribution in [0.2, 0.25) is 0 Å². The number of rotatable bonds is 2. The van der Waals surface area contributed by atoms with Crippen LogP contribution in [-0.4, -0.2) is 18.4 Å². The predicted octanol–water partition coefficient (Wildman–Crippen LogP) is 0.721. The average molecular weight is 151 g/mol. The number of hydrogen-bond donors (Lipinski definition) is 1. The van der Waals surface area contributed by atoms with Gasteiger partial charge < -0.3 is 5.32 Å². The molecule has 0 radical (unpaired) electrons. The van der Waals surface area contributed by atoms with Gasteiger partial charge in [-0.25, -0.2) is 0 Å². The summed E-state index contributed by atoms with van der Waals surface area (Å²) < 4.78 is 0. The van der Waals surface area contributed by atoms with Gasteiger partial charge in [-0.3, -0.25) is 4.79 Å². The van der Waals surface area contributed by atoms with E-state index in [9.17, 15) is 4.79 Å². The van der Waals surface area contributed by atoms with Crippen LogP contribution in [-0.2, 0) is 4.79 Å². The Morgan fingerprint density at radius 3 is 3.18 bits per heavy atom. The number of terminal acetylenes is 1. The third kappa shape index (κ3) is 2.73. The second kappa shape index (κ2) is 4.15. The first-order valence-electron chi connectivity index (χ1n) is 4.01. The summed E-state index contributed by atoms with van der Waals surface area (Å²) in [5.74, 6) is 2.94. The smallest absolute Gasteiger partial charge is 0.135 e. The lowest BCUT2D eigenvalue weighted by atomic mass is 10.00. The van der Waals surface area contributed by atoms with Crippen molar-refractivity contribution in [2.45, 2.75) is 31.7 Å². The van der Waals surface area contributed by atoms with E-state index < -0.39 is 0 Å². The molecule has 0 bridgehead atoms. The van der Waals surface area contributed by atoms with Crippen LogP contribution in [0, 0.1) is 12.3 Å². The van der Waals surface area contributed by atoms with Crippen molar-refractivity contribution in [3.05, 3.63) is 0 Å². The van der Waals surface area contributed by atoms with Gasteiger partial charge in [-0.1, -0.05) is 0 Å². The Kier molecular flexibility index (Phi) is 3.13. The van der Waals surface area contributed by atoms with Gasteiger partial charge in [0.2, 0.25) is 0 Å². The molecular weight excluding hydrogens is 138 g/mol. The Hall–Kier alpha value is -0.810. The number of hydrogen-bond acceptors (Lipinski definition) is 2. The average Bonchev–Trinajstić information content (AvgIpc) is 2.01. The van der Waals surface area contributed by atoms with Crippen LogP contribution in [0.3, 0.4) is 0 Å². The summed E-state index contributed by atoms with van der Waals surface area (Å²) in [6.45, 7) is 0.827. The number of carbonyl (C=O) groups excluding carboxylic acids is 1. The summed E-state index contributed by atoms with van der Waals surface area (Å²) in [6.07, 6.45) is 8.17. The van der Waals surface area contributed by atoms with E-state index in [0.29, 0.717) is 24.7 Å². The SMILES string of the molecule is C#CCCC1CC(=O)CCN1. The molecule has 0 aromatic heterocycles. The summed E-state index contributed by atoms with van der Waals surface area (Å²) in [5.41, 5.74) is 0. The number of piperidine rings is 1. The highest BCUT2D eigenvalue weighted by molar-refractivity contribution is 5.79. The highest BCUT2D eigenvalue weighted by Gasteiger charge is 2.17. The summed E-state index contributed by atoms with van der Waals surface area (Å²) in [7, 11) is 0. The standard InChI is InChI=1S/C9H13NO/c1-2-3-4-8-7-9(11)5-6-10-8/h1,8,10H,3-7H2. The van der Waals surface area contributed by atoms with E-state index in [-0.39, 0.29) is 0 Å². The molecular formula is C9H13NO. The maximum Gasteiger partial charge on any atom is 0.135 e. The van der Waals surface area contributed by atoms with E-state index in [1.807, 2.05) is 0 Å². The predicted molar refractivity (Wildman–Crippen MR) is 44.1 cm³/mol. The monoisotopic (exact) mass is 151 g/mol. The second-order valence-electron chi connectivity index (χ2n) is 2.89.